The highest BCUT2D eigenvalue weighted by atomic mass is 16.1. The second kappa shape index (κ2) is 4.60. The molecule has 1 aromatic heterocycles. The van der Waals surface area contributed by atoms with Crippen LogP contribution in [0, 0.1) is 5.92 Å². The predicted octanol–water partition coefficient (Wildman–Crippen LogP) is 2.36. The van der Waals surface area contributed by atoms with E-state index in [9.17, 15) is 4.79 Å². The van der Waals surface area contributed by atoms with Crippen LogP contribution < -0.4 is 0 Å². The molecule has 0 spiro atoms. The van der Waals surface area contributed by atoms with Crippen molar-refractivity contribution >= 4 is 6.29 Å². The molecule has 1 heterocycles. The standard InChI is InChI=1S/C12H18N2O/c1-14-12(11(9-15)8-13-14)7-10-5-3-2-4-6-10/h8-10H,2-7H2,1H3. The van der Waals surface area contributed by atoms with Gasteiger partial charge in [0.05, 0.1) is 11.8 Å². The molecule has 1 aliphatic rings. The van der Waals surface area contributed by atoms with Crippen molar-refractivity contribution in [2.24, 2.45) is 13.0 Å². The second-order valence-corrected chi connectivity index (χ2v) is 4.50. The Bertz CT molecular complexity index is 337. The molecule has 0 atom stereocenters. The summed E-state index contributed by atoms with van der Waals surface area (Å²) in [5, 5.41) is 4.14. The Morgan fingerprint density at radius 3 is 2.87 bits per heavy atom. The Kier molecular flexibility index (Phi) is 3.19. The number of rotatable bonds is 3. The van der Waals surface area contributed by atoms with E-state index >= 15 is 0 Å². The van der Waals surface area contributed by atoms with Gasteiger partial charge in [0, 0.05) is 12.7 Å². The normalized spacial score (nSPS) is 17.9. The highest BCUT2D eigenvalue weighted by Crippen LogP contribution is 2.27. The maximum Gasteiger partial charge on any atom is 0.153 e. The zero-order valence-electron chi connectivity index (χ0n) is 9.28. The smallest absolute Gasteiger partial charge is 0.153 e. The van der Waals surface area contributed by atoms with Gasteiger partial charge in [-0.3, -0.25) is 9.48 Å². The molecular formula is C12H18N2O. The van der Waals surface area contributed by atoms with Crippen molar-refractivity contribution in [3.63, 3.8) is 0 Å². The summed E-state index contributed by atoms with van der Waals surface area (Å²) < 4.78 is 1.85. The van der Waals surface area contributed by atoms with Gasteiger partial charge in [-0.25, -0.2) is 0 Å². The summed E-state index contributed by atoms with van der Waals surface area (Å²) in [5.41, 5.74) is 1.87. The van der Waals surface area contributed by atoms with Crippen LogP contribution in [0.2, 0.25) is 0 Å². The number of carbonyl (C=O) groups is 1. The largest absolute Gasteiger partial charge is 0.298 e. The van der Waals surface area contributed by atoms with Gasteiger partial charge in [0.2, 0.25) is 0 Å². The van der Waals surface area contributed by atoms with E-state index in [1.165, 1.54) is 32.1 Å². The van der Waals surface area contributed by atoms with Crippen LogP contribution in [0.4, 0.5) is 0 Å². The number of hydrogen-bond donors (Lipinski definition) is 0. The highest BCUT2D eigenvalue weighted by Gasteiger charge is 2.17. The van der Waals surface area contributed by atoms with Crippen LogP contribution in [0.25, 0.3) is 0 Å². The van der Waals surface area contributed by atoms with Crippen molar-refractivity contribution in [2.45, 2.75) is 38.5 Å². The van der Waals surface area contributed by atoms with Crippen LogP contribution in [0.5, 0.6) is 0 Å². The Balaban J connectivity index is 2.08. The maximum atomic E-state index is 10.8. The molecule has 0 bridgehead atoms. The molecular weight excluding hydrogens is 188 g/mol. The van der Waals surface area contributed by atoms with Crippen molar-refractivity contribution in [3.05, 3.63) is 17.5 Å². The summed E-state index contributed by atoms with van der Waals surface area (Å²) in [4.78, 5) is 10.8. The number of nitrogens with zero attached hydrogens (tertiary/aromatic N) is 2. The first-order chi connectivity index (χ1) is 7.31. The minimum Gasteiger partial charge on any atom is -0.298 e. The molecule has 1 aliphatic carbocycles. The van der Waals surface area contributed by atoms with Crippen LogP contribution in [0.3, 0.4) is 0 Å². The summed E-state index contributed by atoms with van der Waals surface area (Å²) in [5.74, 6) is 0.757. The molecule has 0 amide bonds. The third-order valence-electron chi connectivity index (χ3n) is 3.43. The number of aromatic nitrogens is 2. The van der Waals surface area contributed by atoms with Crippen LogP contribution >= 0.6 is 0 Å². The Labute approximate surface area is 90.5 Å². The fourth-order valence-electron chi connectivity index (χ4n) is 2.49. The van der Waals surface area contributed by atoms with E-state index in [4.69, 9.17) is 0 Å². The van der Waals surface area contributed by atoms with Gasteiger partial charge in [-0.2, -0.15) is 5.10 Å². The molecule has 0 N–H and O–H groups in total. The van der Waals surface area contributed by atoms with E-state index in [1.807, 2.05) is 11.7 Å². The van der Waals surface area contributed by atoms with Gasteiger partial charge in [0.25, 0.3) is 0 Å². The van der Waals surface area contributed by atoms with E-state index in [-0.39, 0.29) is 0 Å². The Morgan fingerprint density at radius 2 is 2.20 bits per heavy atom. The number of carbonyl (C=O) groups excluding carboxylic acids is 1. The number of aryl methyl sites for hydroxylation is 1. The third-order valence-corrected chi connectivity index (χ3v) is 3.43. The van der Waals surface area contributed by atoms with Gasteiger partial charge in [0.15, 0.2) is 6.29 Å². The van der Waals surface area contributed by atoms with Gasteiger partial charge in [0.1, 0.15) is 0 Å². The minimum absolute atomic E-state index is 0.757. The molecule has 1 fully saturated rings. The fourth-order valence-corrected chi connectivity index (χ4v) is 2.49. The molecule has 3 heteroatoms. The van der Waals surface area contributed by atoms with E-state index in [2.05, 4.69) is 5.10 Å². The van der Waals surface area contributed by atoms with Crippen molar-refractivity contribution in [1.29, 1.82) is 0 Å². The van der Waals surface area contributed by atoms with Crippen molar-refractivity contribution < 1.29 is 4.79 Å². The van der Waals surface area contributed by atoms with Gasteiger partial charge in [-0.1, -0.05) is 32.1 Å². The molecule has 15 heavy (non-hydrogen) atoms. The molecule has 0 saturated heterocycles. The average Bonchev–Trinajstić information content (AvgIpc) is 2.62. The quantitative estimate of drug-likeness (QED) is 0.711. The molecule has 1 saturated carbocycles. The lowest BCUT2D eigenvalue weighted by Gasteiger charge is -2.21. The molecule has 82 valence electrons. The SMILES string of the molecule is Cn1ncc(C=O)c1CC1CCCCC1. The summed E-state index contributed by atoms with van der Waals surface area (Å²) in [6.07, 6.45) is 10.3. The Hall–Kier alpha value is -1.12. The van der Waals surface area contributed by atoms with Gasteiger partial charge in [-0.15, -0.1) is 0 Å². The third kappa shape index (κ3) is 2.28. The number of hydrogen-bond acceptors (Lipinski definition) is 2. The average molecular weight is 206 g/mol. The van der Waals surface area contributed by atoms with Gasteiger partial charge in [-0.05, 0) is 12.3 Å². The van der Waals surface area contributed by atoms with Crippen LogP contribution in [-0.4, -0.2) is 16.1 Å². The van der Waals surface area contributed by atoms with E-state index in [0.717, 1.165) is 29.9 Å². The monoisotopic (exact) mass is 206 g/mol. The fraction of sp³-hybridized carbons (Fsp3) is 0.667. The molecule has 0 aliphatic heterocycles. The van der Waals surface area contributed by atoms with E-state index < -0.39 is 0 Å². The van der Waals surface area contributed by atoms with Crippen LogP contribution in [0.15, 0.2) is 6.20 Å². The van der Waals surface area contributed by atoms with Crippen molar-refractivity contribution in [1.82, 2.24) is 9.78 Å². The summed E-state index contributed by atoms with van der Waals surface area (Å²) in [6.45, 7) is 0. The molecule has 0 radical (unpaired) electrons. The minimum atomic E-state index is 0.757. The zero-order chi connectivity index (χ0) is 10.7. The lowest BCUT2D eigenvalue weighted by molar-refractivity contribution is 0.112. The topological polar surface area (TPSA) is 34.9 Å². The molecule has 1 aromatic rings. The summed E-state index contributed by atoms with van der Waals surface area (Å²) in [6, 6.07) is 0. The summed E-state index contributed by atoms with van der Waals surface area (Å²) in [7, 11) is 1.92. The van der Waals surface area contributed by atoms with Gasteiger partial charge >= 0.3 is 0 Å². The first kappa shape index (κ1) is 10.4. The van der Waals surface area contributed by atoms with Crippen LogP contribution in [-0.2, 0) is 13.5 Å². The van der Waals surface area contributed by atoms with Crippen LogP contribution in [0.1, 0.15) is 48.2 Å². The first-order valence-corrected chi connectivity index (χ1v) is 5.77. The lowest BCUT2D eigenvalue weighted by Crippen LogP contribution is -2.13. The predicted molar refractivity (Wildman–Crippen MR) is 58.9 cm³/mol. The second-order valence-electron chi connectivity index (χ2n) is 4.50. The Morgan fingerprint density at radius 1 is 1.47 bits per heavy atom. The maximum absolute atomic E-state index is 10.8. The molecule has 0 aromatic carbocycles. The van der Waals surface area contributed by atoms with E-state index in [1.54, 1.807) is 6.20 Å². The highest BCUT2D eigenvalue weighted by molar-refractivity contribution is 5.75. The first-order valence-electron chi connectivity index (χ1n) is 5.77. The number of aldehydes is 1. The van der Waals surface area contributed by atoms with E-state index in [0.29, 0.717) is 0 Å². The molecule has 2 rings (SSSR count). The summed E-state index contributed by atoms with van der Waals surface area (Å²) >= 11 is 0. The lowest BCUT2D eigenvalue weighted by atomic mass is 9.85. The van der Waals surface area contributed by atoms with Crippen molar-refractivity contribution in [3.8, 4) is 0 Å². The van der Waals surface area contributed by atoms with Crippen molar-refractivity contribution in [2.75, 3.05) is 0 Å². The molecule has 3 nitrogen and oxygen atoms in total. The zero-order valence-corrected chi connectivity index (χ0v) is 9.28. The molecule has 0 unspecified atom stereocenters. The van der Waals surface area contributed by atoms with Gasteiger partial charge < -0.3 is 0 Å².